The molecule has 1 aliphatic rings. The van der Waals surface area contributed by atoms with Gasteiger partial charge in [-0.3, -0.25) is 0 Å². The van der Waals surface area contributed by atoms with Crippen molar-refractivity contribution >= 4 is 5.97 Å². The van der Waals surface area contributed by atoms with Crippen LogP contribution in [-0.2, 0) is 9.53 Å². The molecule has 0 bridgehead atoms. The van der Waals surface area contributed by atoms with Crippen molar-refractivity contribution in [2.45, 2.75) is 25.4 Å². The summed E-state index contributed by atoms with van der Waals surface area (Å²) in [6.45, 7) is 0. The Balaban J connectivity index is 2.63. The van der Waals surface area contributed by atoms with Crippen LogP contribution in [-0.4, -0.2) is 19.3 Å². The van der Waals surface area contributed by atoms with Gasteiger partial charge in [0.25, 0.3) is 0 Å². The third kappa shape index (κ3) is 2.03. The summed E-state index contributed by atoms with van der Waals surface area (Å²) in [5.74, 6) is -0.396. The number of halogens is 1. The summed E-state index contributed by atoms with van der Waals surface area (Å²) in [5, 5.41) is 0. The first-order valence-electron chi connectivity index (χ1n) is 3.67. The van der Waals surface area contributed by atoms with Gasteiger partial charge in [-0.15, -0.1) is 0 Å². The third-order valence-electron chi connectivity index (χ3n) is 1.76. The molecule has 3 heteroatoms. The van der Waals surface area contributed by atoms with E-state index in [1.54, 1.807) is 0 Å². The molecule has 1 unspecified atom stereocenters. The van der Waals surface area contributed by atoms with E-state index >= 15 is 0 Å². The van der Waals surface area contributed by atoms with E-state index in [2.05, 4.69) is 4.74 Å². The van der Waals surface area contributed by atoms with E-state index in [-0.39, 0.29) is 0 Å². The lowest BCUT2D eigenvalue weighted by molar-refractivity contribution is -0.136. The van der Waals surface area contributed by atoms with Crippen LogP contribution in [0.1, 0.15) is 19.3 Å². The molecule has 0 amide bonds. The van der Waals surface area contributed by atoms with Crippen molar-refractivity contribution < 1.29 is 13.9 Å². The molecule has 0 saturated carbocycles. The van der Waals surface area contributed by atoms with E-state index < -0.39 is 12.1 Å². The Kier molecular flexibility index (Phi) is 2.63. The van der Waals surface area contributed by atoms with E-state index in [0.29, 0.717) is 18.4 Å². The minimum atomic E-state index is -0.960. The molecule has 0 aliphatic heterocycles. The smallest absolute Gasteiger partial charge is 0.333 e. The van der Waals surface area contributed by atoms with Gasteiger partial charge in [-0.1, -0.05) is 0 Å². The Morgan fingerprint density at radius 3 is 3.09 bits per heavy atom. The molecule has 62 valence electrons. The Morgan fingerprint density at radius 2 is 2.55 bits per heavy atom. The minimum absolute atomic E-state index is 0.396. The summed E-state index contributed by atoms with van der Waals surface area (Å²) in [6, 6.07) is 0. The number of rotatable bonds is 1. The lowest BCUT2D eigenvalue weighted by Gasteiger charge is -2.12. The van der Waals surface area contributed by atoms with Gasteiger partial charge in [0, 0.05) is 5.57 Å². The van der Waals surface area contributed by atoms with Gasteiger partial charge in [0.1, 0.15) is 6.17 Å². The van der Waals surface area contributed by atoms with E-state index in [9.17, 15) is 9.18 Å². The van der Waals surface area contributed by atoms with Gasteiger partial charge in [0.15, 0.2) is 0 Å². The monoisotopic (exact) mass is 158 g/mol. The van der Waals surface area contributed by atoms with Gasteiger partial charge < -0.3 is 4.74 Å². The van der Waals surface area contributed by atoms with Crippen molar-refractivity contribution in [1.82, 2.24) is 0 Å². The lowest BCUT2D eigenvalue weighted by atomic mass is 9.98. The van der Waals surface area contributed by atoms with Gasteiger partial charge in [-0.2, -0.15) is 0 Å². The molecule has 0 heterocycles. The highest BCUT2D eigenvalue weighted by Crippen LogP contribution is 2.20. The molecule has 1 rings (SSSR count). The molecule has 1 atom stereocenters. The first-order chi connectivity index (χ1) is 5.24. The number of allylic oxidation sites excluding steroid dienone is 1. The number of esters is 1. The number of ether oxygens (including phenoxy) is 1. The van der Waals surface area contributed by atoms with Crippen molar-refractivity contribution in [1.29, 1.82) is 0 Å². The van der Waals surface area contributed by atoms with E-state index in [0.717, 1.165) is 6.42 Å². The van der Waals surface area contributed by atoms with Crippen molar-refractivity contribution in [2.24, 2.45) is 0 Å². The lowest BCUT2D eigenvalue weighted by Crippen LogP contribution is -2.12. The molecule has 0 radical (unpaired) electrons. The summed E-state index contributed by atoms with van der Waals surface area (Å²) < 4.78 is 17.1. The first-order valence-corrected chi connectivity index (χ1v) is 3.67. The molecule has 0 aromatic rings. The van der Waals surface area contributed by atoms with E-state index in [1.165, 1.54) is 13.2 Å². The van der Waals surface area contributed by atoms with Crippen LogP contribution in [0.5, 0.6) is 0 Å². The third-order valence-corrected chi connectivity index (χ3v) is 1.76. The number of hydrogen-bond acceptors (Lipinski definition) is 2. The molecule has 0 fully saturated rings. The molecule has 0 N–H and O–H groups in total. The Bertz CT molecular complexity index is 187. The maximum atomic E-state index is 12.6. The van der Waals surface area contributed by atoms with Crippen LogP contribution in [0.2, 0.25) is 0 Å². The molecule has 0 aromatic heterocycles. The number of alkyl halides is 1. The number of carbonyl (C=O) groups excluding carboxylic acids is 1. The standard InChI is InChI=1S/C8H11FO2/c1-11-8(10)6-3-2-4-7(9)5-6/h5,7H,2-4H2,1H3. The van der Waals surface area contributed by atoms with Crippen LogP contribution in [0.3, 0.4) is 0 Å². The largest absolute Gasteiger partial charge is 0.466 e. The summed E-state index contributed by atoms with van der Waals surface area (Å²) in [7, 11) is 1.31. The summed E-state index contributed by atoms with van der Waals surface area (Å²) >= 11 is 0. The van der Waals surface area contributed by atoms with Gasteiger partial charge >= 0.3 is 5.97 Å². The van der Waals surface area contributed by atoms with Gasteiger partial charge in [-0.05, 0) is 25.3 Å². The molecule has 0 aromatic carbocycles. The Labute approximate surface area is 65.0 Å². The van der Waals surface area contributed by atoms with Crippen LogP contribution < -0.4 is 0 Å². The predicted octanol–water partition coefficient (Wildman–Crippen LogP) is 1.61. The second-order valence-corrected chi connectivity index (χ2v) is 2.59. The van der Waals surface area contributed by atoms with E-state index in [4.69, 9.17) is 0 Å². The number of carbonyl (C=O) groups is 1. The molecule has 11 heavy (non-hydrogen) atoms. The summed E-state index contributed by atoms with van der Waals surface area (Å²) in [5.41, 5.74) is 0.478. The fourth-order valence-electron chi connectivity index (χ4n) is 1.17. The highest BCUT2D eigenvalue weighted by Gasteiger charge is 2.17. The van der Waals surface area contributed by atoms with Gasteiger partial charge in [0.05, 0.1) is 7.11 Å². The fraction of sp³-hybridized carbons (Fsp3) is 0.625. The van der Waals surface area contributed by atoms with Gasteiger partial charge in [-0.25, -0.2) is 9.18 Å². The van der Waals surface area contributed by atoms with E-state index in [1.807, 2.05) is 0 Å². The van der Waals surface area contributed by atoms with Crippen LogP contribution >= 0.6 is 0 Å². The normalized spacial score (nSPS) is 24.2. The zero-order valence-electron chi connectivity index (χ0n) is 6.47. The molecular weight excluding hydrogens is 147 g/mol. The topological polar surface area (TPSA) is 26.3 Å². The highest BCUT2D eigenvalue weighted by molar-refractivity contribution is 5.88. The van der Waals surface area contributed by atoms with Gasteiger partial charge in [0.2, 0.25) is 0 Å². The SMILES string of the molecule is COC(=O)C1=CC(F)CCC1. The Hall–Kier alpha value is -0.860. The molecular formula is C8H11FO2. The quantitative estimate of drug-likeness (QED) is 0.542. The summed E-state index contributed by atoms with van der Waals surface area (Å²) in [6.07, 6.45) is 2.31. The molecule has 1 aliphatic carbocycles. The van der Waals surface area contributed by atoms with Crippen molar-refractivity contribution in [3.63, 3.8) is 0 Å². The van der Waals surface area contributed by atoms with Crippen LogP contribution in [0.25, 0.3) is 0 Å². The maximum Gasteiger partial charge on any atom is 0.333 e. The second kappa shape index (κ2) is 3.51. The molecule has 0 spiro atoms. The zero-order chi connectivity index (χ0) is 8.27. The average molecular weight is 158 g/mol. The number of hydrogen-bond donors (Lipinski definition) is 0. The van der Waals surface area contributed by atoms with Crippen molar-refractivity contribution in [3.05, 3.63) is 11.6 Å². The highest BCUT2D eigenvalue weighted by atomic mass is 19.1. The minimum Gasteiger partial charge on any atom is -0.466 e. The van der Waals surface area contributed by atoms with Crippen LogP contribution in [0.15, 0.2) is 11.6 Å². The molecule has 2 nitrogen and oxygen atoms in total. The van der Waals surface area contributed by atoms with Crippen LogP contribution in [0.4, 0.5) is 4.39 Å². The predicted molar refractivity (Wildman–Crippen MR) is 38.8 cm³/mol. The Morgan fingerprint density at radius 1 is 1.82 bits per heavy atom. The zero-order valence-corrected chi connectivity index (χ0v) is 6.47. The average Bonchev–Trinajstić information content (AvgIpc) is 2.03. The van der Waals surface area contributed by atoms with Crippen LogP contribution in [0, 0.1) is 0 Å². The molecule has 0 saturated heterocycles. The fourth-order valence-corrected chi connectivity index (χ4v) is 1.17. The van der Waals surface area contributed by atoms with Crippen molar-refractivity contribution in [2.75, 3.05) is 7.11 Å². The van der Waals surface area contributed by atoms with Crippen molar-refractivity contribution in [3.8, 4) is 0 Å². The maximum absolute atomic E-state index is 12.6. The summed E-state index contributed by atoms with van der Waals surface area (Å²) in [4.78, 5) is 10.9. The first kappa shape index (κ1) is 8.24. The number of methoxy groups -OCH3 is 1. The second-order valence-electron chi connectivity index (χ2n) is 2.59.